The molecule has 0 radical (unpaired) electrons. The van der Waals surface area contributed by atoms with Gasteiger partial charge in [0.15, 0.2) is 10.9 Å². The maximum atomic E-state index is 12.1. The van der Waals surface area contributed by atoms with Gasteiger partial charge in [0, 0.05) is 12.1 Å². The SMILES string of the molecule is CCN(Oc1cc(Cl)c2nc(N)sc2c1)C(=O)OC(C)(C)C. The van der Waals surface area contributed by atoms with Crippen molar-refractivity contribution in [2.24, 2.45) is 0 Å². The van der Waals surface area contributed by atoms with E-state index < -0.39 is 11.7 Å². The number of halogens is 1. The molecule has 1 heterocycles. The monoisotopic (exact) mass is 343 g/mol. The molecule has 2 rings (SSSR count). The van der Waals surface area contributed by atoms with Gasteiger partial charge in [-0.1, -0.05) is 22.9 Å². The summed E-state index contributed by atoms with van der Waals surface area (Å²) >= 11 is 7.46. The van der Waals surface area contributed by atoms with E-state index in [2.05, 4.69) is 4.98 Å². The average Bonchev–Trinajstić information content (AvgIpc) is 2.74. The van der Waals surface area contributed by atoms with Crippen LogP contribution in [0.3, 0.4) is 0 Å². The van der Waals surface area contributed by atoms with Crippen molar-refractivity contribution in [3.63, 3.8) is 0 Å². The predicted octanol–water partition coefficient (Wildman–Crippen LogP) is 4.08. The van der Waals surface area contributed by atoms with Crippen molar-refractivity contribution in [2.45, 2.75) is 33.3 Å². The summed E-state index contributed by atoms with van der Waals surface area (Å²) in [6.45, 7) is 7.50. The molecule has 0 unspecified atom stereocenters. The number of carbonyl (C=O) groups excluding carboxylic acids is 1. The Balaban J connectivity index is 2.22. The summed E-state index contributed by atoms with van der Waals surface area (Å²) in [6.07, 6.45) is -0.560. The molecule has 1 aromatic heterocycles. The Labute approximate surface area is 137 Å². The number of hydrogen-bond donors (Lipinski definition) is 1. The lowest BCUT2D eigenvalue weighted by atomic mass is 10.2. The molecule has 0 saturated carbocycles. The summed E-state index contributed by atoms with van der Waals surface area (Å²) < 4.78 is 6.08. The molecule has 0 spiro atoms. The number of benzene rings is 1. The predicted molar refractivity (Wildman–Crippen MR) is 88.3 cm³/mol. The van der Waals surface area contributed by atoms with Gasteiger partial charge in [0.1, 0.15) is 11.1 Å². The van der Waals surface area contributed by atoms with Crippen molar-refractivity contribution in [2.75, 3.05) is 12.3 Å². The first-order valence-electron chi connectivity index (χ1n) is 6.73. The molecular weight excluding hydrogens is 326 g/mol. The van der Waals surface area contributed by atoms with E-state index in [-0.39, 0.29) is 0 Å². The van der Waals surface area contributed by atoms with E-state index in [1.807, 2.05) is 0 Å². The van der Waals surface area contributed by atoms with Crippen molar-refractivity contribution >= 4 is 44.4 Å². The lowest BCUT2D eigenvalue weighted by molar-refractivity contribution is -0.0693. The molecule has 120 valence electrons. The molecule has 2 N–H and O–H groups in total. The van der Waals surface area contributed by atoms with Crippen LogP contribution in [-0.4, -0.2) is 28.3 Å². The zero-order chi connectivity index (χ0) is 16.5. The second-order valence-corrected chi connectivity index (χ2v) is 7.04. The fourth-order valence-corrected chi connectivity index (χ4v) is 2.80. The molecule has 0 saturated heterocycles. The second kappa shape index (κ2) is 6.18. The molecule has 8 heteroatoms. The lowest BCUT2D eigenvalue weighted by Gasteiger charge is -2.26. The van der Waals surface area contributed by atoms with Crippen LogP contribution in [0, 0.1) is 0 Å². The summed E-state index contributed by atoms with van der Waals surface area (Å²) in [5.41, 5.74) is 5.70. The highest BCUT2D eigenvalue weighted by Gasteiger charge is 2.23. The number of thiazole rings is 1. The van der Waals surface area contributed by atoms with E-state index in [1.54, 1.807) is 39.8 Å². The smallest absolute Gasteiger partial charge is 0.442 e. The number of hydrogen-bond acceptors (Lipinski definition) is 6. The highest BCUT2D eigenvalue weighted by molar-refractivity contribution is 7.22. The topological polar surface area (TPSA) is 77.7 Å². The Kier molecular flexibility index (Phi) is 4.67. The number of amides is 1. The van der Waals surface area contributed by atoms with Gasteiger partial charge in [0.2, 0.25) is 0 Å². The van der Waals surface area contributed by atoms with E-state index in [0.29, 0.717) is 28.0 Å². The molecule has 1 amide bonds. The lowest BCUT2D eigenvalue weighted by Crippen LogP contribution is -2.38. The summed E-state index contributed by atoms with van der Waals surface area (Å²) in [6, 6.07) is 3.33. The number of ether oxygens (including phenoxy) is 1. The van der Waals surface area contributed by atoms with Crippen LogP contribution in [0.15, 0.2) is 12.1 Å². The van der Waals surface area contributed by atoms with Gasteiger partial charge in [-0.05, 0) is 27.7 Å². The van der Waals surface area contributed by atoms with Gasteiger partial charge in [-0.3, -0.25) is 0 Å². The first-order valence-corrected chi connectivity index (χ1v) is 7.93. The zero-order valence-corrected chi connectivity index (χ0v) is 14.4. The van der Waals surface area contributed by atoms with Crippen molar-refractivity contribution in [1.29, 1.82) is 0 Å². The minimum absolute atomic E-state index is 0.329. The Hall–Kier alpha value is -1.73. The summed E-state index contributed by atoms with van der Waals surface area (Å²) in [5.74, 6) is 0.425. The van der Waals surface area contributed by atoms with Gasteiger partial charge in [0.05, 0.1) is 16.3 Å². The normalized spacial score (nSPS) is 11.5. The van der Waals surface area contributed by atoms with Crippen molar-refractivity contribution in [3.8, 4) is 5.75 Å². The van der Waals surface area contributed by atoms with Crippen LogP contribution >= 0.6 is 22.9 Å². The number of fused-ring (bicyclic) bond motifs is 1. The highest BCUT2D eigenvalue weighted by atomic mass is 35.5. The number of carbonyl (C=O) groups is 1. The molecule has 0 bridgehead atoms. The molecule has 2 aromatic rings. The van der Waals surface area contributed by atoms with E-state index in [9.17, 15) is 4.79 Å². The minimum Gasteiger partial charge on any atom is -0.442 e. The van der Waals surface area contributed by atoms with Crippen LogP contribution in [0.4, 0.5) is 9.93 Å². The number of nitrogens with two attached hydrogens (primary N) is 1. The third-order valence-electron chi connectivity index (χ3n) is 2.54. The van der Waals surface area contributed by atoms with E-state index in [1.165, 1.54) is 11.3 Å². The van der Waals surface area contributed by atoms with Crippen molar-refractivity contribution in [1.82, 2.24) is 10.0 Å². The first-order chi connectivity index (χ1) is 10.2. The van der Waals surface area contributed by atoms with Gasteiger partial charge >= 0.3 is 6.09 Å². The highest BCUT2D eigenvalue weighted by Crippen LogP contribution is 2.34. The van der Waals surface area contributed by atoms with Gasteiger partial charge in [0.25, 0.3) is 0 Å². The molecule has 0 atom stereocenters. The number of nitrogen functional groups attached to an aromatic ring is 1. The summed E-state index contributed by atoms with van der Waals surface area (Å²) in [5, 5.41) is 1.97. The van der Waals surface area contributed by atoms with Crippen LogP contribution in [0.2, 0.25) is 5.02 Å². The quantitative estimate of drug-likeness (QED) is 0.849. The Morgan fingerprint density at radius 3 is 2.73 bits per heavy atom. The molecule has 22 heavy (non-hydrogen) atoms. The number of rotatable bonds is 3. The summed E-state index contributed by atoms with van der Waals surface area (Å²) in [4.78, 5) is 21.8. The van der Waals surface area contributed by atoms with Crippen LogP contribution in [0.5, 0.6) is 5.75 Å². The second-order valence-electron chi connectivity index (χ2n) is 5.57. The number of anilines is 1. The standard InChI is InChI=1S/C14H18ClN3O3S/c1-5-18(13(19)20-14(2,3)4)21-8-6-9(15)11-10(7-8)22-12(16)17-11/h6-7H,5H2,1-4H3,(H2,16,17). The van der Waals surface area contributed by atoms with Crippen LogP contribution in [0.1, 0.15) is 27.7 Å². The van der Waals surface area contributed by atoms with E-state index in [4.69, 9.17) is 26.9 Å². The number of aromatic nitrogens is 1. The molecule has 1 aromatic carbocycles. The van der Waals surface area contributed by atoms with E-state index in [0.717, 1.165) is 9.76 Å². The molecule has 0 aliphatic carbocycles. The van der Waals surface area contributed by atoms with Crippen LogP contribution in [0.25, 0.3) is 10.2 Å². The number of hydroxylamine groups is 2. The van der Waals surface area contributed by atoms with Crippen LogP contribution < -0.4 is 10.6 Å². The molecule has 0 fully saturated rings. The van der Waals surface area contributed by atoms with E-state index >= 15 is 0 Å². The fourth-order valence-electron chi connectivity index (χ4n) is 1.71. The Bertz CT molecular complexity index is 696. The van der Waals surface area contributed by atoms with Crippen molar-refractivity contribution in [3.05, 3.63) is 17.2 Å². The third-order valence-corrected chi connectivity index (χ3v) is 3.66. The molecule has 0 aliphatic heterocycles. The largest absolute Gasteiger partial charge is 0.443 e. The molecule has 0 aliphatic rings. The maximum Gasteiger partial charge on any atom is 0.443 e. The first kappa shape index (κ1) is 16.6. The molecule has 6 nitrogen and oxygen atoms in total. The van der Waals surface area contributed by atoms with Gasteiger partial charge in [-0.15, -0.1) is 5.06 Å². The average molecular weight is 344 g/mol. The maximum absolute atomic E-state index is 12.1. The minimum atomic E-state index is -0.596. The van der Waals surface area contributed by atoms with Gasteiger partial charge in [-0.25, -0.2) is 9.78 Å². The third kappa shape index (κ3) is 3.92. The Morgan fingerprint density at radius 1 is 1.45 bits per heavy atom. The molecular formula is C14H18ClN3O3S. The van der Waals surface area contributed by atoms with Gasteiger partial charge < -0.3 is 15.3 Å². The Morgan fingerprint density at radius 2 is 2.14 bits per heavy atom. The number of nitrogens with zero attached hydrogens (tertiary/aromatic N) is 2. The zero-order valence-electron chi connectivity index (χ0n) is 12.8. The van der Waals surface area contributed by atoms with Crippen molar-refractivity contribution < 1.29 is 14.4 Å². The van der Waals surface area contributed by atoms with Crippen LogP contribution in [-0.2, 0) is 4.74 Å². The fraction of sp³-hybridized carbons (Fsp3) is 0.429. The summed E-state index contributed by atoms with van der Waals surface area (Å²) in [7, 11) is 0. The van der Waals surface area contributed by atoms with Gasteiger partial charge in [-0.2, -0.15) is 0 Å².